The summed E-state index contributed by atoms with van der Waals surface area (Å²) in [6.45, 7) is 6.97. The lowest BCUT2D eigenvalue weighted by atomic mass is 10.1. The van der Waals surface area contributed by atoms with Gasteiger partial charge in [0.15, 0.2) is 0 Å². The second-order valence-electron chi connectivity index (χ2n) is 10.6. The lowest BCUT2D eigenvalue weighted by molar-refractivity contribution is -0.140. The highest BCUT2D eigenvalue weighted by Crippen LogP contribution is 2.26. The number of carbonyl (C=O) groups is 2. The van der Waals surface area contributed by atoms with Crippen molar-refractivity contribution in [1.29, 1.82) is 0 Å². The molecule has 8 nitrogen and oxygen atoms in total. The van der Waals surface area contributed by atoms with Crippen molar-refractivity contribution < 1.29 is 27.1 Å². The van der Waals surface area contributed by atoms with E-state index in [-0.39, 0.29) is 23.0 Å². The summed E-state index contributed by atoms with van der Waals surface area (Å²) < 4.78 is 47.6. The fourth-order valence-corrected chi connectivity index (χ4v) is 5.77. The van der Waals surface area contributed by atoms with E-state index >= 15 is 0 Å². The highest BCUT2D eigenvalue weighted by Gasteiger charge is 2.34. The van der Waals surface area contributed by atoms with Crippen LogP contribution in [0.15, 0.2) is 83.8 Å². The zero-order valence-corrected chi connectivity index (χ0v) is 24.9. The second kappa shape index (κ2) is 13.6. The number of nitrogens with zero attached hydrogens (tertiary/aromatic N) is 2. The number of hydrogen-bond donors (Lipinski definition) is 1. The van der Waals surface area contributed by atoms with Gasteiger partial charge in [-0.05, 0) is 87.7 Å². The van der Waals surface area contributed by atoms with Gasteiger partial charge < -0.3 is 15.0 Å². The first-order chi connectivity index (χ1) is 19.4. The summed E-state index contributed by atoms with van der Waals surface area (Å²) in [5.41, 5.74) is 0.555. The summed E-state index contributed by atoms with van der Waals surface area (Å²) in [7, 11) is -2.79. The van der Waals surface area contributed by atoms with Gasteiger partial charge in [-0.2, -0.15) is 0 Å². The van der Waals surface area contributed by atoms with Crippen molar-refractivity contribution in [1.82, 2.24) is 10.2 Å². The number of sulfonamides is 1. The van der Waals surface area contributed by atoms with Crippen LogP contribution in [0.25, 0.3) is 0 Å². The Bertz CT molecular complexity index is 1410. The maximum atomic E-state index is 14.0. The molecule has 220 valence electrons. The zero-order chi connectivity index (χ0) is 30.2. The number of halogens is 1. The van der Waals surface area contributed by atoms with Crippen LogP contribution >= 0.6 is 0 Å². The molecule has 3 aromatic rings. The maximum absolute atomic E-state index is 14.0. The van der Waals surface area contributed by atoms with E-state index in [9.17, 15) is 22.4 Å². The molecule has 0 radical (unpaired) electrons. The minimum absolute atomic E-state index is 0.0659. The van der Waals surface area contributed by atoms with Crippen LogP contribution in [0.4, 0.5) is 10.1 Å². The molecule has 0 saturated heterocycles. The van der Waals surface area contributed by atoms with Crippen LogP contribution in [0.1, 0.15) is 39.7 Å². The second-order valence-corrected chi connectivity index (χ2v) is 12.5. The number of rotatable bonds is 12. The minimum atomic E-state index is -4.26. The Labute approximate surface area is 242 Å². The molecular formula is C31H38FN3O5S. The third-order valence-corrected chi connectivity index (χ3v) is 8.20. The van der Waals surface area contributed by atoms with Crippen LogP contribution in [0.2, 0.25) is 0 Å². The van der Waals surface area contributed by atoms with Gasteiger partial charge in [0, 0.05) is 12.1 Å². The van der Waals surface area contributed by atoms with E-state index in [1.165, 1.54) is 48.4 Å². The lowest BCUT2D eigenvalue weighted by Crippen LogP contribution is -2.56. The molecule has 10 heteroatoms. The summed E-state index contributed by atoms with van der Waals surface area (Å²) in [6, 6.07) is 19.4. The highest BCUT2D eigenvalue weighted by molar-refractivity contribution is 7.92. The van der Waals surface area contributed by atoms with Crippen molar-refractivity contribution in [3.8, 4) is 5.75 Å². The fraction of sp³-hybridized carbons (Fsp3) is 0.355. The zero-order valence-electron chi connectivity index (χ0n) is 24.1. The van der Waals surface area contributed by atoms with Gasteiger partial charge in [-0.25, -0.2) is 12.8 Å². The van der Waals surface area contributed by atoms with Crippen LogP contribution in [-0.4, -0.2) is 56.9 Å². The van der Waals surface area contributed by atoms with Crippen LogP contribution < -0.4 is 14.4 Å². The molecule has 0 aromatic heterocycles. The third kappa shape index (κ3) is 8.53. The fourth-order valence-electron chi connectivity index (χ4n) is 4.36. The standard InChI is InChI=1S/C31H38FN3O5S/c1-6-28(30(37)33-31(2,3)4)34(21-20-23-10-8-7-9-11-23)29(36)22-35(25-14-12-24(32)13-15-25)41(38,39)27-18-16-26(40-5)17-19-27/h7-19,28H,6,20-22H2,1-5H3,(H,33,37). The van der Waals surface area contributed by atoms with E-state index in [4.69, 9.17) is 4.74 Å². The normalized spacial score (nSPS) is 12.3. The van der Waals surface area contributed by atoms with Crippen molar-refractivity contribution >= 4 is 27.5 Å². The van der Waals surface area contributed by atoms with Crippen LogP contribution in [0.5, 0.6) is 5.75 Å². The molecule has 0 bridgehead atoms. The van der Waals surface area contributed by atoms with Crippen LogP contribution in [-0.2, 0) is 26.0 Å². The average molecular weight is 584 g/mol. The first-order valence-corrected chi connectivity index (χ1v) is 14.9. The van der Waals surface area contributed by atoms with E-state index < -0.39 is 39.9 Å². The number of nitrogens with one attached hydrogen (secondary N) is 1. The maximum Gasteiger partial charge on any atom is 0.264 e. The smallest absolute Gasteiger partial charge is 0.264 e. The Hall–Kier alpha value is -3.92. The summed E-state index contributed by atoms with van der Waals surface area (Å²) >= 11 is 0. The van der Waals surface area contributed by atoms with E-state index in [1.807, 2.05) is 58.0 Å². The Balaban J connectivity index is 2.01. The molecule has 0 aliphatic rings. The van der Waals surface area contributed by atoms with E-state index in [0.29, 0.717) is 18.6 Å². The molecule has 1 N–H and O–H groups in total. The Morgan fingerprint density at radius 3 is 2.10 bits per heavy atom. The summed E-state index contributed by atoms with van der Waals surface area (Å²) in [5.74, 6) is -0.960. The number of carbonyl (C=O) groups excluding carboxylic acids is 2. The topological polar surface area (TPSA) is 96.0 Å². The Kier molecular flexibility index (Phi) is 10.5. The summed E-state index contributed by atoms with van der Waals surface area (Å²) in [4.78, 5) is 28.7. The molecule has 1 atom stereocenters. The molecule has 0 saturated carbocycles. The Morgan fingerprint density at radius 2 is 1.56 bits per heavy atom. The lowest BCUT2D eigenvalue weighted by Gasteiger charge is -2.34. The molecule has 1 unspecified atom stereocenters. The van der Waals surface area contributed by atoms with Crippen LogP contribution in [0.3, 0.4) is 0 Å². The van der Waals surface area contributed by atoms with Gasteiger partial charge in [0.1, 0.15) is 24.2 Å². The van der Waals surface area contributed by atoms with Gasteiger partial charge in [-0.3, -0.25) is 13.9 Å². The largest absolute Gasteiger partial charge is 0.497 e. The molecule has 0 heterocycles. The molecule has 41 heavy (non-hydrogen) atoms. The van der Waals surface area contributed by atoms with Gasteiger partial charge in [0.25, 0.3) is 10.0 Å². The molecule has 3 rings (SSSR count). The number of hydrogen-bond acceptors (Lipinski definition) is 5. The third-order valence-electron chi connectivity index (χ3n) is 6.41. The predicted octanol–water partition coefficient (Wildman–Crippen LogP) is 4.79. The quantitative estimate of drug-likeness (QED) is 0.331. The molecule has 0 aliphatic carbocycles. The van der Waals surface area contributed by atoms with Crippen molar-refractivity contribution in [2.24, 2.45) is 0 Å². The van der Waals surface area contributed by atoms with Crippen molar-refractivity contribution in [3.63, 3.8) is 0 Å². The van der Waals surface area contributed by atoms with E-state index in [1.54, 1.807) is 0 Å². The van der Waals surface area contributed by atoms with Gasteiger partial charge >= 0.3 is 0 Å². The monoisotopic (exact) mass is 583 g/mol. The minimum Gasteiger partial charge on any atom is -0.497 e. The van der Waals surface area contributed by atoms with Crippen molar-refractivity contribution in [2.75, 3.05) is 24.5 Å². The molecule has 0 fully saturated rings. The Morgan fingerprint density at radius 1 is 0.951 bits per heavy atom. The first-order valence-electron chi connectivity index (χ1n) is 13.4. The molecule has 2 amide bonds. The first kappa shape index (κ1) is 31.6. The molecule has 3 aromatic carbocycles. The molecule has 0 aliphatic heterocycles. The van der Waals surface area contributed by atoms with Gasteiger partial charge in [-0.1, -0.05) is 37.3 Å². The number of amides is 2. The summed E-state index contributed by atoms with van der Waals surface area (Å²) in [6.07, 6.45) is 0.790. The average Bonchev–Trinajstić information content (AvgIpc) is 2.94. The highest BCUT2D eigenvalue weighted by atomic mass is 32.2. The SMILES string of the molecule is CCC(C(=O)NC(C)(C)C)N(CCc1ccccc1)C(=O)CN(c1ccc(F)cc1)S(=O)(=O)c1ccc(OC)cc1. The van der Waals surface area contributed by atoms with Crippen molar-refractivity contribution in [2.45, 2.75) is 57.0 Å². The molecule has 0 spiro atoms. The van der Waals surface area contributed by atoms with E-state index in [0.717, 1.165) is 22.0 Å². The number of ether oxygens (including phenoxy) is 1. The number of benzene rings is 3. The predicted molar refractivity (Wildman–Crippen MR) is 158 cm³/mol. The van der Waals surface area contributed by atoms with Crippen LogP contribution in [0, 0.1) is 5.82 Å². The van der Waals surface area contributed by atoms with Crippen molar-refractivity contribution in [3.05, 3.63) is 90.2 Å². The van der Waals surface area contributed by atoms with Gasteiger partial charge in [0.2, 0.25) is 11.8 Å². The molecular weight excluding hydrogens is 545 g/mol. The van der Waals surface area contributed by atoms with E-state index in [2.05, 4.69) is 5.32 Å². The van der Waals surface area contributed by atoms with Gasteiger partial charge in [-0.15, -0.1) is 0 Å². The number of anilines is 1. The number of methoxy groups -OCH3 is 1. The summed E-state index contributed by atoms with van der Waals surface area (Å²) in [5, 5.41) is 2.94. The van der Waals surface area contributed by atoms with Gasteiger partial charge in [0.05, 0.1) is 17.7 Å².